The molecule has 2 aliphatic carbocycles. The fraction of sp³-hybridized carbons (Fsp3) is 0.875. The highest BCUT2D eigenvalue weighted by Gasteiger charge is 2.50. The standard InChI is InChI=1S/C16H23F2N3O/c17-16(18)5-3-11(4-6-16)13-20-14(21-22-13)15(12-1-2-12)7-9-19-10-8-15/h11-12,19H,1-10H2. The third-order valence-electron chi connectivity index (χ3n) is 5.81. The first-order valence-corrected chi connectivity index (χ1v) is 8.52. The number of halogens is 2. The summed E-state index contributed by atoms with van der Waals surface area (Å²) in [6, 6.07) is 0. The van der Waals surface area contributed by atoms with Crippen LogP contribution in [-0.4, -0.2) is 29.2 Å². The first-order valence-electron chi connectivity index (χ1n) is 8.52. The van der Waals surface area contributed by atoms with Crippen LogP contribution in [0.3, 0.4) is 0 Å². The molecule has 0 radical (unpaired) electrons. The molecule has 1 aliphatic heterocycles. The van der Waals surface area contributed by atoms with E-state index in [-0.39, 0.29) is 24.2 Å². The van der Waals surface area contributed by atoms with E-state index in [1.807, 2.05) is 0 Å². The SMILES string of the molecule is FC1(F)CCC(c2nc(C3(C4CC4)CCNCC3)no2)CC1. The van der Waals surface area contributed by atoms with Gasteiger partial charge in [0.15, 0.2) is 5.82 Å². The fourth-order valence-corrected chi connectivity index (χ4v) is 4.21. The maximum absolute atomic E-state index is 13.3. The Morgan fingerprint density at radius 2 is 1.68 bits per heavy atom. The van der Waals surface area contributed by atoms with Gasteiger partial charge in [-0.25, -0.2) is 8.78 Å². The quantitative estimate of drug-likeness (QED) is 0.929. The number of alkyl halides is 2. The Hall–Kier alpha value is -1.04. The molecular formula is C16H23F2N3O. The van der Waals surface area contributed by atoms with Gasteiger partial charge in [-0.15, -0.1) is 0 Å². The summed E-state index contributed by atoms with van der Waals surface area (Å²) in [4.78, 5) is 4.69. The van der Waals surface area contributed by atoms with Crippen LogP contribution < -0.4 is 5.32 Å². The van der Waals surface area contributed by atoms with Crippen LogP contribution >= 0.6 is 0 Å². The normalized spacial score (nSPS) is 28.6. The largest absolute Gasteiger partial charge is 0.339 e. The van der Waals surface area contributed by atoms with E-state index in [0.29, 0.717) is 24.7 Å². The van der Waals surface area contributed by atoms with Gasteiger partial charge in [0.1, 0.15) is 0 Å². The van der Waals surface area contributed by atoms with Crippen molar-refractivity contribution in [3.05, 3.63) is 11.7 Å². The lowest BCUT2D eigenvalue weighted by Crippen LogP contribution is -2.42. The van der Waals surface area contributed by atoms with Gasteiger partial charge in [-0.05, 0) is 57.5 Å². The third-order valence-corrected chi connectivity index (χ3v) is 5.81. The molecule has 1 saturated heterocycles. The molecule has 0 spiro atoms. The van der Waals surface area contributed by atoms with Gasteiger partial charge in [0, 0.05) is 24.2 Å². The molecule has 4 nitrogen and oxygen atoms in total. The molecular weight excluding hydrogens is 288 g/mol. The lowest BCUT2D eigenvalue weighted by molar-refractivity contribution is -0.0402. The average Bonchev–Trinajstić information content (AvgIpc) is 3.26. The van der Waals surface area contributed by atoms with E-state index in [1.165, 1.54) is 12.8 Å². The molecule has 122 valence electrons. The molecule has 0 amide bonds. The number of hydrogen-bond acceptors (Lipinski definition) is 4. The summed E-state index contributed by atoms with van der Waals surface area (Å²) in [5.74, 6) is -0.397. The highest BCUT2D eigenvalue weighted by Crippen LogP contribution is 2.51. The molecule has 0 aromatic carbocycles. The van der Waals surface area contributed by atoms with Gasteiger partial charge in [-0.1, -0.05) is 5.16 Å². The summed E-state index contributed by atoms with van der Waals surface area (Å²) in [5.41, 5.74) is 0.0611. The molecule has 3 fully saturated rings. The van der Waals surface area contributed by atoms with E-state index < -0.39 is 5.92 Å². The molecule has 0 bridgehead atoms. The van der Waals surface area contributed by atoms with E-state index in [9.17, 15) is 8.78 Å². The second-order valence-corrected chi connectivity index (χ2v) is 7.27. The summed E-state index contributed by atoms with van der Waals surface area (Å²) in [6.07, 6.45) is 5.39. The number of piperidine rings is 1. The minimum Gasteiger partial charge on any atom is -0.339 e. The summed E-state index contributed by atoms with van der Waals surface area (Å²) in [7, 11) is 0. The predicted octanol–water partition coefficient (Wildman–Crippen LogP) is 3.39. The molecule has 0 unspecified atom stereocenters. The van der Waals surface area contributed by atoms with Crippen LogP contribution in [-0.2, 0) is 5.41 Å². The molecule has 1 aromatic heterocycles. The van der Waals surface area contributed by atoms with Gasteiger partial charge in [-0.2, -0.15) is 4.98 Å². The topological polar surface area (TPSA) is 51.0 Å². The van der Waals surface area contributed by atoms with E-state index in [0.717, 1.165) is 31.8 Å². The first-order chi connectivity index (χ1) is 10.6. The Balaban J connectivity index is 1.53. The zero-order chi connectivity index (χ0) is 15.2. The Kier molecular flexibility index (Phi) is 3.47. The van der Waals surface area contributed by atoms with E-state index in [1.54, 1.807) is 0 Å². The molecule has 22 heavy (non-hydrogen) atoms. The number of nitrogens with zero attached hydrogens (tertiary/aromatic N) is 2. The van der Waals surface area contributed by atoms with Crippen LogP contribution in [0.1, 0.15) is 69.0 Å². The van der Waals surface area contributed by atoms with Crippen molar-refractivity contribution in [1.29, 1.82) is 0 Å². The van der Waals surface area contributed by atoms with Crippen molar-refractivity contribution in [3.63, 3.8) is 0 Å². The van der Waals surface area contributed by atoms with Crippen LogP contribution in [0.25, 0.3) is 0 Å². The van der Waals surface area contributed by atoms with Crippen molar-refractivity contribution < 1.29 is 13.3 Å². The zero-order valence-electron chi connectivity index (χ0n) is 12.8. The number of hydrogen-bond donors (Lipinski definition) is 1. The fourth-order valence-electron chi connectivity index (χ4n) is 4.21. The van der Waals surface area contributed by atoms with Crippen molar-refractivity contribution in [3.8, 4) is 0 Å². The van der Waals surface area contributed by atoms with Crippen molar-refractivity contribution in [2.24, 2.45) is 5.92 Å². The monoisotopic (exact) mass is 311 g/mol. The van der Waals surface area contributed by atoms with Gasteiger partial charge in [0.25, 0.3) is 0 Å². The molecule has 3 aliphatic rings. The minimum atomic E-state index is -2.51. The summed E-state index contributed by atoms with van der Waals surface area (Å²) in [6.45, 7) is 1.99. The Labute approximate surface area is 129 Å². The Morgan fingerprint density at radius 3 is 2.32 bits per heavy atom. The number of aromatic nitrogens is 2. The van der Waals surface area contributed by atoms with Crippen molar-refractivity contribution in [2.45, 2.75) is 68.6 Å². The van der Waals surface area contributed by atoms with Crippen LogP contribution in [0.15, 0.2) is 4.52 Å². The first kappa shape index (κ1) is 14.5. The van der Waals surface area contributed by atoms with E-state index >= 15 is 0 Å². The van der Waals surface area contributed by atoms with Gasteiger partial charge < -0.3 is 9.84 Å². The molecule has 6 heteroatoms. The van der Waals surface area contributed by atoms with E-state index in [2.05, 4.69) is 15.5 Å². The molecule has 4 rings (SSSR count). The van der Waals surface area contributed by atoms with Crippen LogP contribution in [0.2, 0.25) is 0 Å². The Morgan fingerprint density at radius 1 is 1.00 bits per heavy atom. The number of nitrogens with one attached hydrogen (secondary N) is 1. The second-order valence-electron chi connectivity index (χ2n) is 7.27. The molecule has 1 N–H and O–H groups in total. The highest BCUT2D eigenvalue weighted by atomic mass is 19.3. The smallest absolute Gasteiger partial charge is 0.248 e. The van der Waals surface area contributed by atoms with Crippen molar-refractivity contribution >= 4 is 0 Å². The second kappa shape index (κ2) is 5.25. The maximum atomic E-state index is 13.3. The maximum Gasteiger partial charge on any atom is 0.248 e. The zero-order valence-corrected chi connectivity index (χ0v) is 12.8. The third kappa shape index (κ3) is 2.55. The van der Waals surface area contributed by atoms with Gasteiger partial charge >= 0.3 is 0 Å². The van der Waals surface area contributed by atoms with Crippen LogP contribution in [0.4, 0.5) is 8.78 Å². The minimum absolute atomic E-state index is 0.0128. The lowest BCUT2D eigenvalue weighted by atomic mass is 9.74. The van der Waals surface area contributed by atoms with Gasteiger partial charge in [-0.3, -0.25) is 0 Å². The molecule has 1 aromatic rings. The summed E-state index contributed by atoms with van der Waals surface area (Å²) in [5, 5.41) is 7.69. The number of rotatable bonds is 3. The van der Waals surface area contributed by atoms with Gasteiger partial charge in [0.05, 0.1) is 0 Å². The average molecular weight is 311 g/mol. The molecule has 2 saturated carbocycles. The van der Waals surface area contributed by atoms with Crippen molar-refractivity contribution in [1.82, 2.24) is 15.5 Å². The lowest BCUT2D eigenvalue weighted by Gasteiger charge is -2.35. The molecule has 2 heterocycles. The summed E-state index contributed by atoms with van der Waals surface area (Å²) < 4.78 is 32.1. The molecule has 0 atom stereocenters. The highest BCUT2D eigenvalue weighted by molar-refractivity contribution is 5.16. The van der Waals surface area contributed by atoms with Crippen LogP contribution in [0.5, 0.6) is 0 Å². The summed E-state index contributed by atoms with van der Waals surface area (Å²) >= 11 is 0. The Bertz CT molecular complexity index is 525. The van der Waals surface area contributed by atoms with Crippen molar-refractivity contribution in [2.75, 3.05) is 13.1 Å². The van der Waals surface area contributed by atoms with Gasteiger partial charge in [0.2, 0.25) is 11.8 Å². The predicted molar refractivity (Wildman–Crippen MR) is 77.0 cm³/mol. The van der Waals surface area contributed by atoms with E-state index in [4.69, 9.17) is 4.52 Å². The van der Waals surface area contributed by atoms with Crippen LogP contribution in [0, 0.1) is 5.92 Å².